The second kappa shape index (κ2) is 7.55. The molecule has 0 unspecified atom stereocenters. The third-order valence-electron chi connectivity index (χ3n) is 8.29. The number of nitrogens with zero attached hydrogens (tertiary/aromatic N) is 2. The first kappa shape index (κ1) is 22.1. The molecule has 1 saturated carbocycles. The summed E-state index contributed by atoms with van der Waals surface area (Å²) in [7, 11) is 0. The van der Waals surface area contributed by atoms with Crippen LogP contribution in [0.3, 0.4) is 0 Å². The number of aliphatic imine (C=N–C) groups is 2. The Morgan fingerprint density at radius 3 is 1.58 bits per heavy atom. The molecule has 4 nitrogen and oxygen atoms in total. The van der Waals surface area contributed by atoms with E-state index in [9.17, 15) is 0 Å². The number of hydrogen-bond donors (Lipinski definition) is 0. The monoisotopic (exact) mass is 482 g/mol. The first-order chi connectivity index (χ1) is 15.7. The summed E-state index contributed by atoms with van der Waals surface area (Å²) in [4.78, 5) is 12.3. The van der Waals surface area contributed by atoms with Crippen molar-refractivity contribution in [3.8, 4) is 0 Å². The summed E-state index contributed by atoms with van der Waals surface area (Å²) in [6, 6.07) is 0.530. The number of hydrogen-bond acceptors (Lipinski definition) is 6. The average molecular weight is 483 g/mol. The minimum Gasteiger partial charge on any atom is -0.475 e. The summed E-state index contributed by atoms with van der Waals surface area (Å²) < 4.78 is 12.1. The van der Waals surface area contributed by atoms with E-state index in [0.29, 0.717) is 25.0 Å². The molecule has 0 radical (unpaired) electrons. The highest BCUT2D eigenvalue weighted by atomic mass is 32.2. The van der Waals surface area contributed by atoms with Crippen LogP contribution in [-0.4, -0.2) is 46.6 Å². The number of rotatable bonds is 4. The number of allylic oxidation sites excluding steroid dienone is 4. The standard InChI is InChI=1S/C27H34N2O2S2/c1-14(2)20-12-30-24(28-20)22-10-18-16-8-7-9-17(16)19-11-23(25-29-21(13-31-25)15(3)4)33-27(19,6)26(18,5)32-22/h10-11,14-15,20-21H,7-9,12-13H2,1-6H3/t20-,21-,26+,27+/m1/s1. The molecule has 6 aliphatic rings. The fraction of sp³-hybridized carbons (Fsp3) is 0.630. The van der Waals surface area contributed by atoms with Crippen molar-refractivity contribution >= 4 is 35.3 Å². The Balaban J connectivity index is 1.40. The van der Waals surface area contributed by atoms with Crippen molar-refractivity contribution in [2.45, 2.75) is 82.4 Å². The van der Waals surface area contributed by atoms with E-state index in [1.54, 1.807) is 11.1 Å². The van der Waals surface area contributed by atoms with Gasteiger partial charge < -0.3 is 9.47 Å². The molecule has 6 rings (SSSR count). The Morgan fingerprint density at radius 2 is 1.21 bits per heavy atom. The zero-order valence-electron chi connectivity index (χ0n) is 20.5. The molecule has 0 saturated heterocycles. The molecule has 0 aromatic heterocycles. The van der Waals surface area contributed by atoms with Gasteiger partial charge in [0.2, 0.25) is 11.8 Å². The van der Waals surface area contributed by atoms with E-state index in [4.69, 9.17) is 19.5 Å². The molecule has 0 spiro atoms. The van der Waals surface area contributed by atoms with Gasteiger partial charge in [-0.1, -0.05) is 27.7 Å². The highest BCUT2D eigenvalue weighted by Gasteiger charge is 2.60. The normalized spacial score (nSPS) is 37.1. The van der Waals surface area contributed by atoms with Crippen LogP contribution in [-0.2, 0) is 9.47 Å². The maximum atomic E-state index is 6.12. The topological polar surface area (TPSA) is 43.2 Å². The minimum absolute atomic E-state index is 0.0673. The van der Waals surface area contributed by atoms with Gasteiger partial charge in [-0.25, -0.2) is 9.98 Å². The molecule has 0 N–H and O–H groups in total. The van der Waals surface area contributed by atoms with Crippen molar-refractivity contribution in [3.63, 3.8) is 0 Å². The van der Waals surface area contributed by atoms with Crippen molar-refractivity contribution in [2.24, 2.45) is 21.8 Å². The predicted molar refractivity (Wildman–Crippen MR) is 140 cm³/mol. The second-order valence-corrected chi connectivity index (χ2v) is 14.0. The van der Waals surface area contributed by atoms with Gasteiger partial charge in [0.1, 0.15) is 13.2 Å². The van der Waals surface area contributed by atoms with Crippen LogP contribution in [0.15, 0.2) is 54.2 Å². The Bertz CT molecular complexity index is 1020. The van der Waals surface area contributed by atoms with Crippen molar-refractivity contribution in [1.29, 1.82) is 0 Å². The van der Waals surface area contributed by atoms with Crippen LogP contribution in [0.25, 0.3) is 0 Å². The van der Waals surface area contributed by atoms with Crippen LogP contribution >= 0.6 is 23.5 Å². The van der Waals surface area contributed by atoms with Gasteiger partial charge in [-0.05, 0) is 79.4 Å². The van der Waals surface area contributed by atoms with E-state index in [-0.39, 0.29) is 21.6 Å². The highest BCUT2D eigenvalue weighted by Crippen LogP contribution is 2.68. The predicted octanol–water partition coefficient (Wildman–Crippen LogP) is 6.46. The average Bonchev–Trinajstić information content (AvgIpc) is 3.54. The van der Waals surface area contributed by atoms with Gasteiger partial charge in [0.25, 0.3) is 0 Å². The third kappa shape index (κ3) is 3.12. The molecule has 4 aliphatic heterocycles. The first-order valence-corrected chi connectivity index (χ1v) is 14.1. The summed E-state index contributed by atoms with van der Waals surface area (Å²) in [5, 5.41) is 0. The fourth-order valence-electron chi connectivity index (χ4n) is 5.89. The molecule has 4 heterocycles. The summed E-state index contributed by atoms with van der Waals surface area (Å²) in [6.07, 6.45) is 8.41. The molecule has 6 heteroatoms. The van der Waals surface area contributed by atoms with E-state index in [1.165, 1.54) is 40.2 Å². The molecule has 0 amide bonds. The van der Waals surface area contributed by atoms with Crippen molar-refractivity contribution < 1.29 is 9.47 Å². The lowest BCUT2D eigenvalue weighted by Gasteiger charge is -2.47. The van der Waals surface area contributed by atoms with Gasteiger partial charge in [0.15, 0.2) is 0 Å². The lowest BCUT2D eigenvalue weighted by molar-refractivity contribution is 0.292. The summed E-state index contributed by atoms with van der Waals surface area (Å²) in [6.45, 7) is 15.2. The maximum absolute atomic E-state index is 6.12. The smallest absolute Gasteiger partial charge is 0.223 e. The van der Waals surface area contributed by atoms with Crippen molar-refractivity contribution in [3.05, 3.63) is 44.3 Å². The molecular formula is C27H34N2O2S2. The van der Waals surface area contributed by atoms with Crippen LogP contribution in [0, 0.1) is 11.8 Å². The Kier molecular flexibility index (Phi) is 5.05. The molecule has 33 heavy (non-hydrogen) atoms. The number of fused-ring (bicyclic) bond motifs is 4. The molecule has 0 aromatic rings. The zero-order valence-corrected chi connectivity index (χ0v) is 22.2. The lowest BCUT2D eigenvalue weighted by Crippen LogP contribution is -2.47. The largest absolute Gasteiger partial charge is 0.475 e. The summed E-state index contributed by atoms with van der Waals surface area (Å²) in [5.41, 5.74) is 6.13. The molecule has 0 bridgehead atoms. The highest BCUT2D eigenvalue weighted by molar-refractivity contribution is 8.10. The Hall–Kier alpha value is -1.40. The third-order valence-corrected chi connectivity index (χ3v) is 11.5. The summed E-state index contributed by atoms with van der Waals surface area (Å²) >= 11 is 3.92. The zero-order chi connectivity index (χ0) is 23.1. The Labute approximate surface area is 206 Å². The molecule has 176 valence electrons. The summed E-state index contributed by atoms with van der Waals surface area (Å²) in [5.74, 6) is 2.71. The molecule has 2 aliphatic carbocycles. The Morgan fingerprint density at radius 1 is 0.788 bits per heavy atom. The van der Waals surface area contributed by atoms with Gasteiger partial charge in [-0.15, -0.1) is 23.5 Å². The quantitative estimate of drug-likeness (QED) is 0.461. The van der Waals surface area contributed by atoms with Crippen molar-refractivity contribution in [1.82, 2.24) is 0 Å². The fourth-order valence-corrected chi connectivity index (χ4v) is 8.96. The second-order valence-electron chi connectivity index (χ2n) is 11.0. The van der Waals surface area contributed by atoms with Crippen LogP contribution in [0.5, 0.6) is 0 Å². The lowest BCUT2D eigenvalue weighted by atomic mass is 9.72. The SMILES string of the molecule is CC(C)[C@H]1COC(C2=CC3=C4CCCC4=C4C=C(C5=N[C@@H](C(C)C)CO5)S[C@]4(C)[C@@]3(C)S2)=N1. The van der Waals surface area contributed by atoms with E-state index in [1.807, 2.05) is 23.5 Å². The van der Waals surface area contributed by atoms with E-state index < -0.39 is 0 Å². The first-order valence-electron chi connectivity index (χ1n) is 12.4. The van der Waals surface area contributed by atoms with Gasteiger partial charge in [0, 0.05) is 0 Å². The van der Waals surface area contributed by atoms with Crippen LogP contribution in [0.1, 0.15) is 60.8 Å². The van der Waals surface area contributed by atoms with Crippen LogP contribution in [0.4, 0.5) is 0 Å². The molecule has 0 aromatic carbocycles. The van der Waals surface area contributed by atoms with E-state index >= 15 is 0 Å². The van der Waals surface area contributed by atoms with E-state index in [2.05, 4.69) is 53.7 Å². The van der Waals surface area contributed by atoms with Crippen LogP contribution in [0.2, 0.25) is 0 Å². The minimum atomic E-state index is -0.0673. The molecule has 1 fully saturated rings. The van der Waals surface area contributed by atoms with Gasteiger partial charge in [0.05, 0.1) is 31.4 Å². The van der Waals surface area contributed by atoms with Gasteiger partial charge >= 0.3 is 0 Å². The molecular weight excluding hydrogens is 448 g/mol. The number of thioether (sulfide) groups is 2. The van der Waals surface area contributed by atoms with Crippen molar-refractivity contribution in [2.75, 3.05) is 13.2 Å². The van der Waals surface area contributed by atoms with Crippen LogP contribution < -0.4 is 0 Å². The van der Waals surface area contributed by atoms with Gasteiger partial charge in [-0.2, -0.15) is 0 Å². The van der Waals surface area contributed by atoms with Gasteiger partial charge in [-0.3, -0.25) is 0 Å². The number of ether oxygens (including phenoxy) is 2. The van der Waals surface area contributed by atoms with E-state index in [0.717, 1.165) is 11.8 Å². The maximum Gasteiger partial charge on any atom is 0.223 e. The molecule has 4 atom stereocenters.